The number of carbonyl (C=O) groups is 2. The molecule has 4 fully saturated rings. The highest BCUT2D eigenvalue weighted by Crippen LogP contribution is 2.75. The highest BCUT2D eigenvalue weighted by Gasteiger charge is 2.76. The molecule has 5 nitrogen and oxygen atoms in total. The zero-order chi connectivity index (χ0) is 19.8. The van der Waals surface area contributed by atoms with Crippen molar-refractivity contribution in [2.24, 2.45) is 28.1 Å². The van der Waals surface area contributed by atoms with E-state index in [0.29, 0.717) is 19.3 Å². The molecule has 4 rings (SSSR count). The molecule has 0 aromatic carbocycles. The minimum atomic E-state index is -0.820. The summed E-state index contributed by atoms with van der Waals surface area (Å²) in [6, 6.07) is 0. The van der Waals surface area contributed by atoms with Gasteiger partial charge < -0.3 is 14.9 Å². The van der Waals surface area contributed by atoms with Crippen LogP contribution in [0.3, 0.4) is 0 Å². The Hall–Kier alpha value is -1.36. The smallest absolute Gasteiger partial charge is 0.309 e. The van der Waals surface area contributed by atoms with Crippen LogP contribution in [0.25, 0.3) is 0 Å². The van der Waals surface area contributed by atoms with Crippen molar-refractivity contribution in [2.45, 2.75) is 83.8 Å². The number of aliphatic carboxylic acids is 1. The van der Waals surface area contributed by atoms with Gasteiger partial charge in [0.15, 0.2) is 0 Å². The van der Waals surface area contributed by atoms with E-state index in [0.717, 1.165) is 37.7 Å². The van der Waals surface area contributed by atoms with Gasteiger partial charge in [-0.25, -0.2) is 0 Å². The summed E-state index contributed by atoms with van der Waals surface area (Å²) in [6.07, 6.45) is 5.39. The molecule has 0 heterocycles. The minimum absolute atomic E-state index is 0.0705. The van der Waals surface area contributed by atoms with Gasteiger partial charge in [-0.1, -0.05) is 19.9 Å². The quantitative estimate of drug-likeness (QED) is 0.567. The zero-order valence-corrected chi connectivity index (χ0v) is 16.7. The summed E-state index contributed by atoms with van der Waals surface area (Å²) in [6.45, 7) is 9.62. The van der Waals surface area contributed by atoms with Crippen LogP contribution in [-0.4, -0.2) is 33.9 Å². The molecule has 1 spiro atoms. The molecule has 2 bridgehead atoms. The molecule has 0 aliphatic heterocycles. The number of carboxylic acid groups (broad SMARTS) is 1. The number of esters is 1. The first-order valence-corrected chi connectivity index (χ1v) is 10.3. The van der Waals surface area contributed by atoms with Crippen LogP contribution in [0.5, 0.6) is 0 Å². The Bertz CT molecular complexity index is 715. The predicted molar refractivity (Wildman–Crippen MR) is 99.8 cm³/mol. The van der Waals surface area contributed by atoms with E-state index in [1.807, 2.05) is 6.92 Å². The number of carboxylic acids is 1. The Morgan fingerprint density at radius 1 is 1.15 bits per heavy atom. The van der Waals surface area contributed by atoms with Gasteiger partial charge in [0, 0.05) is 17.8 Å². The topological polar surface area (TPSA) is 83.8 Å². The Morgan fingerprint density at radius 3 is 2.48 bits per heavy atom. The molecule has 0 aromatic rings. The second-order valence-electron chi connectivity index (χ2n) is 10.1. The Labute approximate surface area is 161 Å². The Balaban J connectivity index is 1.92. The fourth-order valence-electron chi connectivity index (χ4n) is 8.02. The van der Waals surface area contributed by atoms with E-state index in [1.165, 1.54) is 6.92 Å². The number of aliphatic hydroxyl groups is 1. The summed E-state index contributed by atoms with van der Waals surface area (Å²) in [4.78, 5) is 24.6. The molecule has 0 saturated heterocycles. The van der Waals surface area contributed by atoms with Crippen molar-refractivity contribution < 1.29 is 24.5 Å². The lowest BCUT2D eigenvalue weighted by atomic mass is 9.38. The van der Waals surface area contributed by atoms with Crippen molar-refractivity contribution in [2.75, 3.05) is 0 Å². The molecule has 4 saturated carbocycles. The summed E-state index contributed by atoms with van der Waals surface area (Å²) < 4.78 is 6.24. The van der Waals surface area contributed by atoms with Gasteiger partial charge in [-0.3, -0.25) is 9.59 Å². The number of fused-ring (bicyclic) bond motifs is 3. The van der Waals surface area contributed by atoms with Gasteiger partial charge in [0.1, 0.15) is 5.60 Å². The lowest BCUT2D eigenvalue weighted by molar-refractivity contribution is -0.285. The average molecular weight is 376 g/mol. The monoisotopic (exact) mass is 376 g/mol. The first-order chi connectivity index (χ1) is 12.5. The third-order valence-corrected chi connectivity index (χ3v) is 9.20. The van der Waals surface area contributed by atoms with Gasteiger partial charge in [-0.15, -0.1) is 0 Å². The minimum Gasteiger partial charge on any atom is -0.481 e. The number of hydrogen-bond donors (Lipinski definition) is 2. The Kier molecular flexibility index (Phi) is 3.93. The number of hydrogen-bond acceptors (Lipinski definition) is 4. The predicted octanol–water partition coefficient (Wildman–Crippen LogP) is 3.70. The lowest BCUT2D eigenvalue weighted by Crippen LogP contribution is -2.72. The van der Waals surface area contributed by atoms with Crippen LogP contribution in [0, 0.1) is 28.1 Å². The fourth-order valence-corrected chi connectivity index (χ4v) is 8.02. The SMILES string of the molecule is C=C1C2CCC3(OC(C)=O)C4(C)CCCC(C)(C(=O)O)C4CCC3(C2)C1O. The molecule has 7 unspecified atom stereocenters. The van der Waals surface area contributed by atoms with E-state index >= 15 is 0 Å². The van der Waals surface area contributed by atoms with E-state index < -0.39 is 33.9 Å². The summed E-state index contributed by atoms with van der Waals surface area (Å²) in [5, 5.41) is 21.3. The normalized spacial score (nSPS) is 51.3. The van der Waals surface area contributed by atoms with Gasteiger partial charge in [0.25, 0.3) is 0 Å². The molecule has 150 valence electrons. The molecule has 27 heavy (non-hydrogen) atoms. The van der Waals surface area contributed by atoms with Crippen LogP contribution < -0.4 is 0 Å². The Morgan fingerprint density at radius 2 is 1.85 bits per heavy atom. The van der Waals surface area contributed by atoms with Gasteiger partial charge >= 0.3 is 11.9 Å². The van der Waals surface area contributed by atoms with E-state index in [9.17, 15) is 19.8 Å². The fraction of sp³-hybridized carbons (Fsp3) is 0.818. The maximum Gasteiger partial charge on any atom is 0.309 e. The number of rotatable bonds is 2. The van der Waals surface area contributed by atoms with Gasteiger partial charge in [0.2, 0.25) is 0 Å². The summed E-state index contributed by atoms with van der Waals surface area (Å²) in [5.41, 5.74) is -1.75. The molecule has 0 amide bonds. The van der Waals surface area contributed by atoms with Gasteiger partial charge in [-0.2, -0.15) is 0 Å². The molecule has 0 aromatic heterocycles. The van der Waals surface area contributed by atoms with Crippen LogP contribution >= 0.6 is 0 Å². The van der Waals surface area contributed by atoms with Crippen LogP contribution in [0.4, 0.5) is 0 Å². The van der Waals surface area contributed by atoms with Crippen LogP contribution in [0.1, 0.15) is 72.1 Å². The number of aliphatic hydroxyl groups excluding tert-OH is 1. The van der Waals surface area contributed by atoms with Crippen molar-refractivity contribution in [1.29, 1.82) is 0 Å². The number of carbonyl (C=O) groups excluding carboxylic acids is 1. The third-order valence-electron chi connectivity index (χ3n) is 9.20. The van der Waals surface area contributed by atoms with E-state index in [-0.39, 0.29) is 17.8 Å². The van der Waals surface area contributed by atoms with Crippen LogP contribution in [-0.2, 0) is 14.3 Å². The summed E-state index contributed by atoms with van der Waals surface area (Å²) in [7, 11) is 0. The average Bonchev–Trinajstić information content (AvgIpc) is 2.78. The van der Waals surface area contributed by atoms with Crippen molar-refractivity contribution in [3.8, 4) is 0 Å². The maximum absolute atomic E-state index is 12.3. The van der Waals surface area contributed by atoms with Crippen molar-refractivity contribution in [3.05, 3.63) is 12.2 Å². The molecule has 0 radical (unpaired) electrons. The standard InChI is InChI=1S/C22H32O5/c1-13-15-6-11-22(27-14(2)23)20(4)9-5-8-19(3,18(25)26)16(20)7-10-21(22,12-15)17(13)24/h15-17,24H,1,5-12H2,2-4H3,(H,25,26). The highest BCUT2D eigenvalue weighted by atomic mass is 16.6. The van der Waals surface area contributed by atoms with Gasteiger partial charge in [-0.05, 0) is 69.3 Å². The summed E-state index contributed by atoms with van der Waals surface area (Å²) >= 11 is 0. The highest BCUT2D eigenvalue weighted by molar-refractivity contribution is 5.75. The largest absolute Gasteiger partial charge is 0.481 e. The second kappa shape index (κ2) is 5.59. The lowest BCUT2D eigenvalue weighted by Gasteiger charge is -2.68. The van der Waals surface area contributed by atoms with Crippen molar-refractivity contribution in [3.63, 3.8) is 0 Å². The van der Waals surface area contributed by atoms with Crippen LogP contribution in [0.15, 0.2) is 12.2 Å². The summed E-state index contributed by atoms with van der Waals surface area (Å²) in [5.74, 6) is -0.878. The van der Waals surface area contributed by atoms with E-state index in [1.54, 1.807) is 0 Å². The maximum atomic E-state index is 12.3. The number of ether oxygens (including phenoxy) is 1. The third kappa shape index (κ3) is 2.04. The van der Waals surface area contributed by atoms with Gasteiger partial charge in [0.05, 0.1) is 11.5 Å². The molecule has 5 heteroatoms. The van der Waals surface area contributed by atoms with Crippen molar-refractivity contribution >= 4 is 11.9 Å². The molecular formula is C22H32O5. The van der Waals surface area contributed by atoms with Crippen molar-refractivity contribution in [1.82, 2.24) is 0 Å². The molecule has 4 aliphatic rings. The zero-order valence-electron chi connectivity index (χ0n) is 16.7. The molecule has 7 atom stereocenters. The van der Waals surface area contributed by atoms with E-state index in [2.05, 4.69) is 13.5 Å². The van der Waals surface area contributed by atoms with E-state index in [4.69, 9.17) is 4.74 Å². The van der Waals surface area contributed by atoms with Crippen LogP contribution in [0.2, 0.25) is 0 Å². The first-order valence-electron chi connectivity index (χ1n) is 10.3. The molecule has 2 N–H and O–H groups in total. The first kappa shape index (κ1) is 19.0. The molecule has 4 aliphatic carbocycles. The second-order valence-corrected chi connectivity index (χ2v) is 10.1. The molecular weight excluding hydrogens is 344 g/mol.